The molecule has 0 aliphatic heterocycles. The van der Waals surface area contributed by atoms with Gasteiger partial charge in [0.25, 0.3) is 0 Å². The van der Waals surface area contributed by atoms with Crippen molar-refractivity contribution >= 4 is 5.78 Å². The third kappa shape index (κ3) is 2.45. The lowest BCUT2D eigenvalue weighted by molar-refractivity contribution is -0.113. The molecule has 0 saturated carbocycles. The SMILES string of the molecule is CC1=CCC(C(C)(C)C)=C(C(C)(C)C)C1=O. The van der Waals surface area contributed by atoms with Crippen molar-refractivity contribution in [3.8, 4) is 0 Å². The van der Waals surface area contributed by atoms with Crippen molar-refractivity contribution in [3.63, 3.8) is 0 Å². The molecular formula is C15H24O. The zero-order valence-corrected chi connectivity index (χ0v) is 11.7. The number of hydrogen-bond donors (Lipinski definition) is 0. The smallest absolute Gasteiger partial charge is 0.184 e. The molecule has 0 aromatic rings. The number of hydrogen-bond acceptors (Lipinski definition) is 1. The summed E-state index contributed by atoms with van der Waals surface area (Å²) in [5, 5.41) is 0. The molecule has 0 bridgehead atoms. The summed E-state index contributed by atoms with van der Waals surface area (Å²) in [6, 6.07) is 0. The molecule has 0 fully saturated rings. The quantitative estimate of drug-likeness (QED) is 0.595. The van der Waals surface area contributed by atoms with E-state index in [1.165, 1.54) is 5.57 Å². The van der Waals surface area contributed by atoms with Crippen molar-refractivity contribution in [1.29, 1.82) is 0 Å². The van der Waals surface area contributed by atoms with Crippen molar-refractivity contribution in [1.82, 2.24) is 0 Å². The molecule has 1 heteroatoms. The lowest BCUT2D eigenvalue weighted by atomic mass is 9.69. The summed E-state index contributed by atoms with van der Waals surface area (Å²) >= 11 is 0. The second-order valence-corrected chi connectivity index (χ2v) is 6.77. The van der Waals surface area contributed by atoms with Crippen LogP contribution in [0.1, 0.15) is 54.9 Å². The molecule has 0 radical (unpaired) electrons. The number of Topliss-reactive ketones (excluding diaryl/α,β-unsaturated/α-hetero) is 1. The predicted molar refractivity (Wildman–Crippen MR) is 69.3 cm³/mol. The summed E-state index contributed by atoms with van der Waals surface area (Å²) < 4.78 is 0. The number of allylic oxidation sites excluding steroid dienone is 4. The number of ketones is 1. The van der Waals surface area contributed by atoms with Crippen LogP contribution < -0.4 is 0 Å². The van der Waals surface area contributed by atoms with Crippen LogP contribution in [-0.2, 0) is 4.79 Å². The summed E-state index contributed by atoms with van der Waals surface area (Å²) in [4.78, 5) is 12.3. The van der Waals surface area contributed by atoms with Gasteiger partial charge in [-0.2, -0.15) is 0 Å². The summed E-state index contributed by atoms with van der Waals surface area (Å²) in [6.45, 7) is 14.9. The largest absolute Gasteiger partial charge is 0.289 e. The minimum Gasteiger partial charge on any atom is -0.289 e. The van der Waals surface area contributed by atoms with Gasteiger partial charge in [0.2, 0.25) is 0 Å². The molecule has 0 aromatic heterocycles. The fourth-order valence-corrected chi connectivity index (χ4v) is 2.26. The molecule has 1 rings (SSSR count). The maximum Gasteiger partial charge on any atom is 0.184 e. The van der Waals surface area contributed by atoms with Gasteiger partial charge in [0.05, 0.1) is 0 Å². The number of carbonyl (C=O) groups is 1. The zero-order valence-electron chi connectivity index (χ0n) is 11.7. The van der Waals surface area contributed by atoms with E-state index in [1.807, 2.05) is 6.92 Å². The molecule has 16 heavy (non-hydrogen) atoms. The summed E-state index contributed by atoms with van der Waals surface area (Å²) in [7, 11) is 0. The minimum atomic E-state index is -0.0603. The van der Waals surface area contributed by atoms with Crippen LogP contribution in [0.4, 0.5) is 0 Å². The van der Waals surface area contributed by atoms with Gasteiger partial charge in [-0.1, -0.05) is 53.2 Å². The highest BCUT2D eigenvalue weighted by Crippen LogP contribution is 2.42. The van der Waals surface area contributed by atoms with Crippen LogP contribution in [0.15, 0.2) is 22.8 Å². The van der Waals surface area contributed by atoms with Gasteiger partial charge < -0.3 is 0 Å². The molecule has 0 atom stereocenters. The van der Waals surface area contributed by atoms with Crippen LogP contribution in [-0.4, -0.2) is 5.78 Å². The maximum atomic E-state index is 12.3. The van der Waals surface area contributed by atoms with Gasteiger partial charge in [0, 0.05) is 5.57 Å². The third-order valence-corrected chi connectivity index (χ3v) is 3.15. The lowest BCUT2D eigenvalue weighted by Crippen LogP contribution is -2.27. The van der Waals surface area contributed by atoms with E-state index < -0.39 is 0 Å². The van der Waals surface area contributed by atoms with Gasteiger partial charge in [-0.3, -0.25) is 4.79 Å². The highest BCUT2D eigenvalue weighted by molar-refractivity contribution is 6.10. The van der Waals surface area contributed by atoms with Crippen LogP contribution >= 0.6 is 0 Å². The second kappa shape index (κ2) is 3.87. The molecule has 1 aliphatic carbocycles. The van der Waals surface area contributed by atoms with Crippen molar-refractivity contribution < 1.29 is 4.79 Å². The molecule has 0 saturated heterocycles. The fourth-order valence-electron chi connectivity index (χ4n) is 2.26. The van der Waals surface area contributed by atoms with Gasteiger partial charge >= 0.3 is 0 Å². The monoisotopic (exact) mass is 220 g/mol. The van der Waals surface area contributed by atoms with Crippen molar-refractivity contribution in [2.24, 2.45) is 10.8 Å². The highest BCUT2D eigenvalue weighted by Gasteiger charge is 2.34. The Labute approximate surface area is 99.6 Å². The standard InChI is InChI=1S/C15H24O/c1-10-8-9-11(14(2,3)4)12(13(10)16)15(5,6)7/h8H,9H2,1-7H3. The maximum absolute atomic E-state index is 12.3. The van der Waals surface area contributed by atoms with Crippen molar-refractivity contribution in [3.05, 3.63) is 22.8 Å². The van der Waals surface area contributed by atoms with E-state index in [4.69, 9.17) is 0 Å². The molecule has 0 unspecified atom stereocenters. The Kier molecular flexibility index (Phi) is 3.20. The molecule has 90 valence electrons. The lowest BCUT2D eigenvalue weighted by Gasteiger charge is -2.34. The van der Waals surface area contributed by atoms with Crippen LogP contribution in [0, 0.1) is 10.8 Å². The average molecular weight is 220 g/mol. The van der Waals surface area contributed by atoms with Gasteiger partial charge in [-0.25, -0.2) is 0 Å². The fraction of sp³-hybridized carbons (Fsp3) is 0.667. The number of carbonyl (C=O) groups excluding carboxylic acids is 1. The summed E-state index contributed by atoms with van der Waals surface area (Å²) in [5.74, 6) is 0.240. The van der Waals surface area contributed by atoms with E-state index in [0.29, 0.717) is 0 Å². The first kappa shape index (κ1) is 13.2. The van der Waals surface area contributed by atoms with Gasteiger partial charge in [-0.05, 0) is 29.7 Å². The van der Waals surface area contributed by atoms with E-state index in [0.717, 1.165) is 17.6 Å². The van der Waals surface area contributed by atoms with Crippen molar-refractivity contribution in [2.75, 3.05) is 0 Å². The number of rotatable bonds is 0. The minimum absolute atomic E-state index is 0.0603. The summed E-state index contributed by atoms with van der Waals surface area (Å²) in [5.41, 5.74) is 3.25. The molecular weight excluding hydrogens is 196 g/mol. The third-order valence-electron chi connectivity index (χ3n) is 3.15. The molecule has 0 aromatic carbocycles. The first-order valence-electron chi connectivity index (χ1n) is 6.00. The Morgan fingerprint density at radius 1 is 1.00 bits per heavy atom. The Balaban J connectivity index is 3.38. The Morgan fingerprint density at radius 3 is 1.88 bits per heavy atom. The van der Waals surface area contributed by atoms with Crippen LogP contribution in [0.2, 0.25) is 0 Å². The van der Waals surface area contributed by atoms with Crippen LogP contribution in [0.25, 0.3) is 0 Å². The van der Waals surface area contributed by atoms with Gasteiger partial charge in [0.1, 0.15) is 0 Å². The Morgan fingerprint density at radius 2 is 1.50 bits per heavy atom. The molecule has 0 heterocycles. The van der Waals surface area contributed by atoms with E-state index in [2.05, 4.69) is 47.6 Å². The normalized spacial score (nSPS) is 18.9. The predicted octanol–water partition coefficient (Wildman–Crippen LogP) is 4.29. The zero-order chi connectivity index (χ0) is 12.7. The Hall–Kier alpha value is -0.850. The Bertz CT molecular complexity index is 367. The van der Waals surface area contributed by atoms with E-state index in [1.54, 1.807) is 0 Å². The van der Waals surface area contributed by atoms with Crippen molar-refractivity contribution in [2.45, 2.75) is 54.9 Å². The van der Waals surface area contributed by atoms with E-state index in [-0.39, 0.29) is 16.6 Å². The molecule has 1 aliphatic rings. The van der Waals surface area contributed by atoms with E-state index >= 15 is 0 Å². The molecule has 0 amide bonds. The van der Waals surface area contributed by atoms with Crippen LogP contribution in [0.3, 0.4) is 0 Å². The van der Waals surface area contributed by atoms with Gasteiger partial charge in [-0.15, -0.1) is 0 Å². The molecule has 0 N–H and O–H groups in total. The highest BCUT2D eigenvalue weighted by atomic mass is 16.1. The second-order valence-electron chi connectivity index (χ2n) is 6.77. The molecule has 0 spiro atoms. The average Bonchev–Trinajstić information content (AvgIpc) is 2.05. The summed E-state index contributed by atoms with van der Waals surface area (Å²) in [6.07, 6.45) is 2.99. The van der Waals surface area contributed by atoms with Gasteiger partial charge in [0.15, 0.2) is 5.78 Å². The first-order chi connectivity index (χ1) is 7.05. The first-order valence-corrected chi connectivity index (χ1v) is 6.00. The van der Waals surface area contributed by atoms with E-state index in [9.17, 15) is 4.79 Å². The van der Waals surface area contributed by atoms with Crippen LogP contribution in [0.5, 0.6) is 0 Å². The topological polar surface area (TPSA) is 17.1 Å². The molecule has 1 nitrogen and oxygen atoms in total.